The second-order valence-electron chi connectivity index (χ2n) is 5.84. The van der Waals surface area contributed by atoms with Crippen molar-refractivity contribution in [3.8, 4) is 0 Å². The summed E-state index contributed by atoms with van der Waals surface area (Å²) in [7, 11) is 0. The summed E-state index contributed by atoms with van der Waals surface area (Å²) in [4.78, 5) is 0. The van der Waals surface area contributed by atoms with Gasteiger partial charge in [0.25, 0.3) is 0 Å². The first-order chi connectivity index (χ1) is 7.90. The van der Waals surface area contributed by atoms with E-state index in [4.69, 9.17) is 0 Å². The number of hydrogen-bond acceptors (Lipinski definition) is 1. The van der Waals surface area contributed by atoms with Gasteiger partial charge in [-0.05, 0) is 40.7 Å². The van der Waals surface area contributed by atoms with E-state index in [9.17, 15) is 5.11 Å². The summed E-state index contributed by atoms with van der Waals surface area (Å²) >= 11 is 0. The molecule has 0 amide bonds. The molecule has 0 saturated heterocycles. The van der Waals surface area contributed by atoms with Gasteiger partial charge in [0.05, 0.1) is 6.61 Å². The average Bonchev–Trinajstić information content (AvgIpc) is 2.53. The zero-order chi connectivity index (χ0) is 12.6. The molecule has 1 aromatic carbocycles. The van der Waals surface area contributed by atoms with Crippen LogP contribution in [0.4, 0.5) is 0 Å². The molecule has 1 nitrogen and oxygen atoms in total. The molecule has 1 heteroatoms. The molecule has 2 rings (SSSR count). The van der Waals surface area contributed by atoms with Gasteiger partial charge in [-0.1, -0.05) is 50.6 Å². The molecule has 0 bridgehead atoms. The largest absolute Gasteiger partial charge is 0.392 e. The highest BCUT2D eigenvalue weighted by molar-refractivity contribution is 5.96. The third kappa shape index (κ3) is 2.50. The fourth-order valence-electron chi connectivity index (χ4n) is 2.24. The first-order valence-electron chi connectivity index (χ1n) is 6.06. The Labute approximate surface area is 103 Å². The van der Waals surface area contributed by atoms with E-state index < -0.39 is 0 Å². The maximum atomic E-state index is 9.42. The standard InChI is InChI=1S/C16H20O/c1-11-5-6-14-12(9-16(2,3)4)8-13(10-17)15(14)7-11/h5-9,17H,10H2,1-4H3/b12-9+. The van der Waals surface area contributed by atoms with Crippen molar-refractivity contribution in [2.45, 2.75) is 27.7 Å². The maximum Gasteiger partial charge on any atom is 0.0688 e. The molecule has 1 aliphatic carbocycles. The highest BCUT2D eigenvalue weighted by Gasteiger charge is 2.19. The summed E-state index contributed by atoms with van der Waals surface area (Å²) in [5.41, 5.74) is 6.08. The number of hydrogen-bond donors (Lipinski definition) is 1. The molecule has 0 atom stereocenters. The van der Waals surface area contributed by atoms with E-state index in [1.54, 1.807) is 0 Å². The summed E-state index contributed by atoms with van der Waals surface area (Å²) in [6, 6.07) is 6.44. The monoisotopic (exact) mass is 228 g/mol. The van der Waals surface area contributed by atoms with Gasteiger partial charge in [0.2, 0.25) is 0 Å². The van der Waals surface area contributed by atoms with Crippen LogP contribution in [0.1, 0.15) is 37.5 Å². The van der Waals surface area contributed by atoms with Crippen LogP contribution in [0.5, 0.6) is 0 Å². The molecule has 0 spiro atoms. The van der Waals surface area contributed by atoms with Crippen LogP contribution in [0.15, 0.2) is 30.4 Å². The summed E-state index contributed by atoms with van der Waals surface area (Å²) in [5.74, 6) is 0. The molecule has 1 aliphatic rings. The van der Waals surface area contributed by atoms with E-state index in [0.29, 0.717) is 0 Å². The smallest absolute Gasteiger partial charge is 0.0688 e. The van der Waals surface area contributed by atoms with Crippen molar-refractivity contribution in [1.29, 1.82) is 0 Å². The van der Waals surface area contributed by atoms with Crippen LogP contribution >= 0.6 is 0 Å². The third-order valence-electron chi connectivity index (χ3n) is 2.92. The topological polar surface area (TPSA) is 20.2 Å². The molecule has 0 saturated carbocycles. The van der Waals surface area contributed by atoms with E-state index in [2.05, 4.69) is 58.0 Å². The molecule has 0 aromatic heterocycles. The SMILES string of the molecule is Cc1ccc2c(c1)C(CO)=C/C2=C\C(C)(C)C. The summed E-state index contributed by atoms with van der Waals surface area (Å²) in [6.45, 7) is 8.77. The quantitative estimate of drug-likeness (QED) is 0.775. The fourth-order valence-corrected chi connectivity index (χ4v) is 2.24. The van der Waals surface area contributed by atoms with E-state index in [0.717, 1.165) is 5.57 Å². The molecule has 0 aliphatic heterocycles. The van der Waals surface area contributed by atoms with Gasteiger partial charge in [-0.3, -0.25) is 0 Å². The lowest BCUT2D eigenvalue weighted by molar-refractivity contribution is 0.350. The van der Waals surface area contributed by atoms with E-state index >= 15 is 0 Å². The molecule has 1 N–H and O–H groups in total. The Morgan fingerprint density at radius 3 is 2.47 bits per heavy atom. The second kappa shape index (κ2) is 4.15. The second-order valence-corrected chi connectivity index (χ2v) is 5.84. The van der Waals surface area contributed by atoms with Gasteiger partial charge in [0.15, 0.2) is 0 Å². The molecule has 0 unspecified atom stereocenters. The minimum absolute atomic E-state index is 0.109. The summed E-state index contributed by atoms with van der Waals surface area (Å²) in [5, 5.41) is 9.42. The maximum absolute atomic E-state index is 9.42. The van der Waals surface area contributed by atoms with Gasteiger partial charge in [-0.2, -0.15) is 0 Å². The Hall–Kier alpha value is -1.34. The lowest BCUT2D eigenvalue weighted by atomic mass is 9.91. The van der Waals surface area contributed by atoms with Crippen LogP contribution in [-0.2, 0) is 0 Å². The highest BCUT2D eigenvalue weighted by Crippen LogP contribution is 2.37. The Kier molecular flexibility index (Phi) is 2.96. The number of allylic oxidation sites excluding steroid dienone is 3. The third-order valence-corrected chi connectivity index (χ3v) is 2.92. The zero-order valence-electron chi connectivity index (χ0n) is 11.0. The van der Waals surface area contributed by atoms with Crippen LogP contribution in [0.3, 0.4) is 0 Å². The average molecular weight is 228 g/mol. The normalized spacial score (nSPS) is 17.2. The van der Waals surface area contributed by atoms with Crippen molar-refractivity contribution < 1.29 is 5.11 Å². The predicted molar refractivity (Wildman–Crippen MR) is 73.7 cm³/mol. The summed E-state index contributed by atoms with van der Waals surface area (Å²) in [6.07, 6.45) is 4.37. The van der Waals surface area contributed by atoms with Crippen molar-refractivity contribution in [3.63, 3.8) is 0 Å². The van der Waals surface area contributed by atoms with Crippen LogP contribution in [-0.4, -0.2) is 11.7 Å². The molecular weight excluding hydrogens is 208 g/mol. The molecule has 90 valence electrons. The van der Waals surface area contributed by atoms with Gasteiger partial charge in [-0.25, -0.2) is 0 Å². The van der Waals surface area contributed by atoms with Gasteiger partial charge < -0.3 is 5.11 Å². The number of aliphatic hydroxyl groups excluding tert-OH is 1. The Balaban J connectivity index is 2.56. The number of rotatable bonds is 1. The number of aliphatic hydroxyl groups is 1. The highest BCUT2D eigenvalue weighted by atomic mass is 16.3. The van der Waals surface area contributed by atoms with Crippen molar-refractivity contribution in [3.05, 3.63) is 47.0 Å². The number of aryl methyl sites for hydroxylation is 1. The lowest BCUT2D eigenvalue weighted by Crippen LogP contribution is -2.00. The Morgan fingerprint density at radius 2 is 1.88 bits per heavy atom. The van der Waals surface area contributed by atoms with E-state index in [1.165, 1.54) is 22.3 Å². The minimum atomic E-state index is 0.109. The lowest BCUT2D eigenvalue weighted by Gasteiger charge is -2.14. The molecular formula is C16H20O. The van der Waals surface area contributed by atoms with Gasteiger partial charge in [-0.15, -0.1) is 0 Å². The number of fused-ring (bicyclic) bond motifs is 1. The predicted octanol–water partition coefficient (Wildman–Crippen LogP) is 3.81. The van der Waals surface area contributed by atoms with Crippen molar-refractivity contribution in [2.24, 2.45) is 5.41 Å². The van der Waals surface area contributed by atoms with Crippen LogP contribution in [0, 0.1) is 12.3 Å². The van der Waals surface area contributed by atoms with Crippen LogP contribution in [0.25, 0.3) is 11.1 Å². The first kappa shape index (κ1) is 12.1. The van der Waals surface area contributed by atoms with Gasteiger partial charge in [0.1, 0.15) is 0 Å². The molecule has 1 aromatic rings. The molecule has 0 radical (unpaired) electrons. The zero-order valence-corrected chi connectivity index (χ0v) is 11.0. The van der Waals surface area contributed by atoms with Crippen molar-refractivity contribution in [2.75, 3.05) is 6.61 Å². The molecule has 0 fully saturated rings. The fraction of sp³-hybridized carbons (Fsp3) is 0.375. The van der Waals surface area contributed by atoms with Crippen LogP contribution in [0.2, 0.25) is 0 Å². The molecule has 0 heterocycles. The number of benzene rings is 1. The Morgan fingerprint density at radius 1 is 1.18 bits per heavy atom. The first-order valence-corrected chi connectivity index (χ1v) is 6.06. The minimum Gasteiger partial charge on any atom is -0.392 e. The van der Waals surface area contributed by atoms with E-state index in [1.807, 2.05) is 0 Å². The van der Waals surface area contributed by atoms with Crippen molar-refractivity contribution in [1.82, 2.24) is 0 Å². The Bertz CT molecular complexity index is 499. The van der Waals surface area contributed by atoms with Gasteiger partial charge >= 0.3 is 0 Å². The van der Waals surface area contributed by atoms with Crippen LogP contribution < -0.4 is 0 Å². The molecule has 17 heavy (non-hydrogen) atoms. The van der Waals surface area contributed by atoms with E-state index in [-0.39, 0.29) is 12.0 Å². The summed E-state index contributed by atoms with van der Waals surface area (Å²) < 4.78 is 0. The van der Waals surface area contributed by atoms with Gasteiger partial charge in [0, 0.05) is 0 Å². The van der Waals surface area contributed by atoms with Crippen molar-refractivity contribution >= 4 is 11.1 Å².